The molecule has 2 N–H and O–H groups in total. The van der Waals surface area contributed by atoms with Gasteiger partial charge in [-0.2, -0.15) is 0 Å². The number of hydrogen-bond donors (Lipinski definition) is 2. The van der Waals surface area contributed by atoms with E-state index in [1.807, 2.05) is 0 Å². The number of nitrogens with one attached hydrogen (secondary N) is 1. The normalized spacial score (nSPS) is 42.6. The third-order valence-corrected chi connectivity index (χ3v) is 2.35. The number of amides is 1. The number of carbonyl (C=O) groups is 1. The number of carbonyl (C=O) groups excluding carboxylic acids is 1. The summed E-state index contributed by atoms with van der Waals surface area (Å²) in [6, 6.07) is -0.156. The molecule has 2 rings (SSSR count). The minimum Gasteiger partial charge on any atom is -0.444 e. The first-order valence-corrected chi connectivity index (χ1v) is 3.92. The van der Waals surface area contributed by atoms with Crippen molar-refractivity contribution in [1.82, 2.24) is 5.32 Å². The molecule has 0 aromatic heterocycles. The Morgan fingerprint density at radius 3 is 3.09 bits per heavy atom. The van der Waals surface area contributed by atoms with E-state index in [9.17, 15) is 9.90 Å². The molecule has 62 valence electrons. The molecule has 11 heavy (non-hydrogen) atoms. The summed E-state index contributed by atoms with van der Waals surface area (Å²) >= 11 is 0. The Kier molecular flexibility index (Phi) is 1.49. The van der Waals surface area contributed by atoms with Crippen molar-refractivity contribution >= 4 is 6.09 Å². The van der Waals surface area contributed by atoms with Gasteiger partial charge in [0, 0.05) is 0 Å². The van der Waals surface area contributed by atoms with Crippen LogP contribution >= 0.6 is 0 Å². The second kappa shape index (κ2) is 2.37. The van der Waals surface area contributed by atoms with Gasteiger partial charge in [-0.05, 0) is 19.3 Å². The Morgan fingerprint density at radius 2 is 2.36 bits per heavy atom. The molecule has 1 amide bonds. The maximum Gasteiger partial charge on any atom is 0.407 e. The van der Waals surface area contributed by atoms with Crippen LogP contribution in [-0.2, 0) is 4.74 Å². The molecule has 0 unspecified atom stereocenters. The van der Waals surface area contributed by atoms with Crippen molar-refractivity contribution in [3.8, 4) is 0 Å². The van der Waals surface area contributed by atoms with Crippen LogP contribution in [0.5, 0.6) is 0 Å². The first-order chi connectivity index (χ1) is 5.27. The quantitative estimate of drug-likeness (QED) is 0.520. The molecule has 4 nitrogen and oxygen atoms in total. The van der Waals surface area contributed by atoms with Crippen molar-refractivity contribution in [2.45, 2.75) is 37.5 Å². The van der Waals surface area contributed by atoms with Crippen molar-refractivity contribution in [1.29, 1.82) is 0 Å². The molecule has 2 aliphatic rings. The van der Waals surface area contributed by atoms with Gasteiger partial charge in [0.1, 0.15) is 6.10 Å². The minimum absolute atomic E-state index is 0.0914. The molecule has 2 fully saturated rings. The summed E-state index contributed by atoms with van der Waals surface area (Å²) in [6.07, 6.45) is 1.69. The number of rotatable bonds is 0. The number of alkyl carbamates (subject to hydrolysis) is 1. The second-order valence-corrected chi connectivity index (χ2v) is 3.11. The van der Waals surface area contributed by atoms with Gasteiger partial charge in [-0.3, -0.25) is 0 Å². The van der Waals surface area contributed by atoms with Gasteiger partial charge in [0.2, 0.25) is 0 Å². The van der Waals surface area contributed by atoms with Gasteiger partial charge in [0.15, 0.2) is 0 Å². The Balaban J connectivity index is 2.09. The fourth-order valence-corrected chi connectivity index (χ4v) is 1.76. The summed E-state index contributed by atoms with van der Waals surface area (Å²) in [5, 5.41) is 12.0. The van der Waals surface area contributed by atoms with Crippen LogP contribution in [0.2, 0.25) is 0 Å². The fraction of sp³-hybridized carbons (Fsp3) is 0.857. The average molecular weight is 157 g/mol. The largest absolute Gasteiger partial charge is 0.444 e. The summed E-state index contributed by atoms with van der Waals surface area (Å²) in [4.78, 5) is 10.7. The highest BCUT2D eigenvalue weighted by Gasteiger charge is 2.40. The summed E-state index contributed by atoms with van der Waals surface area (Å²) in [5.41, 5.74) is 0. The molecule has 1 aliphatic heterocycles. The molecule has 0 aromatic rings. The molecule has 4 heteroatoms. The molecule has 1 aliphatic carbocycles. The topological polar surface area (TPSA) is 58.6 Å². The van der Waals surface area contributed by atoms with Crippen molar-refractivity contribution < 1.29 is 14.6 Å². The highest BCUT2D eigenvalue weighted by molar-refractivity contribution is 5.70. The van der Waals surface area contributed by atoms with E-state index < -0.39 is 6.10 Å². The Hall–Kier alpha value is -0.770. The second-order valence-electron chi connectivity index (χ2n) is 3.11. The number of aliphatic hydroxyl groups is 1. The lowest BCUT2D eigenvalue weighted by molar-refractivity contribution is 0.0404. The molecule has 0 aromatic carbocycles. The lowest BCUT2D eigenvalue weighted by Gasteiger charge is -2.26. The van der Waals surface area contributed by atoms with Gasteiger partial charge in [-0.1, -0.05) is 0 Å². The molecule has 1 saturated heterocycles. The minimum atomic E-state index is -0.416. The predicted octanol–water partition coefficient (Wildman–Crippen LogP) is 0.00820. The van der Waals surface area contributed by atoms with Crippen molar-refractivity contribution in [3.05, 3.63) is 0 Å². The first kappa shape index (κ1) is 6.91. The van der Waals surface area contributed by atoms with E-state index in [2.05, 4.69) is 5.32 Å². The average Bonchev–Trinajstić information content (AvgIpc) is 2.31. The van der Waals surface area contributed by atoms with Gasteiger partial charge in [0.05, 0.1) is 12.1 Å². The summed E-state index contributed by atoms with van der Waals surface area (Å²) in [6.45, 7) is 0. The Labute approximate surface area is 64.5 Å². The standard InChI is InChI=1S/C7H11NO3/c9-4-2-1-3-5-6(4)8-7(10)11-5/h4-6,9H,1-3H2,(H,8,10)/t4-,5-,6-/m1/s1. The fourth-order valence-electron chi connectivity index (χ4n) is 1.76. The molecule has 3 atom stereocenters. The maximum absolute atomic E-state index is 10.7. The van der Waals surface area contributed by atoms with E-state index in [1.54, 1.807) is 0 Å². The lowest BCUT2D eigenvalue weighted by Crippen LogP contribution is -2.45. The predicted molar refractivity (Wildman–Crippen MR) is 37.1 cm³/mol. The van der Waals surface area contributed by atoms with Crippen molar-refractivity contribution in [3.63, 3.8) is 0 Å². The molecule has 0 bridgehead atoms. The van der Waals surface area contributed by atoms with Gasteiger partial charge in [0.25, 0.3) is 0 Å². The van der Waals surface area contributed by atoms with Gasteiger partial charge < -0.3 is 15.2 Å². The summed E-state index contributed by atoms with van der Waals surface area (Å²) in [5.74, 6) is 0. The van der Waals surface area contributed by atoms with Crippen LogP contribution in [0, 0.1) is 0 Å². The summed E-state index contributed by atoms with van der Waals surface area (Å²) in [7, 11) is 0. The number of ether oxygens (including phenoxy) is 1. The van der Waals surface area contributed by atoms with Crippen LogP contribution in [0.25, 0.3) is 0 Å². The zero-order valence-corrected chi connectivity index (χ0v) is 6.12. The van der Waals surface area contributed by atoms with Crippen LogP contribution in [0.1, 0.15) is 19.3 Å². The van der Waals surface area contributed by atoms with Crippen LogP contribution in [-0.4, -0.2) is 29.4 Å². The van der Waals surface area contributed by atoms with Crippen LogP contribution in [0.4, 0.5) is 4.79 Å². The van der Waals surface area contributed by atoms with E-state index >= 15 is 0 Å². The highest BCUT2D eigenvalue weighted by Crippen LogP contribution is 2.25. The maximum atomic E-state index is 10.7. The molecule has 0 spiro atoms. The van der Waals surface area contributed by atoms with Crippen molar-refractivity contribution in [2.24, 2.45) is 0 Å². The Bertz CT molecular complexity index is 183. The van der Waals surface area contributed by atoms with Gasteiger partial charge in [-0.25, -0.2) is 4.79 Å². The SMILES string of the molecule is O=C1N[C@@H]2[C@H](O)CCC[C@H]2O1. The van der Waals surface area contributed by atoms with Crippen molar-refractivity contribution in [2.75, 3.05) is 0 Å². The molecular formula is C7H11NO3. The number of fused-ring (bicyclic) bond motifs is 1. The molecule has 1 saturated carbocycles. The zero-order chi connectivity index (χ0) is 7.84. The highest BCUT2D eigenvalue weighted by atomic mass is 16.6. The monoisotopic (exact) mass is 157 g/mol. The van der Waals surface area contributed by atoms with E-state index in [4.69, 9.17) is 4.74 Å². The van der Waals surface area contributed by atoms with E-state index in [0.717, 1.165) is 19.3 Å². The molecule has 0 radical (unpaired) electrons. The van der Waals surface area contributed by atoms with Crippen LogP contribution in [0.15, 0.2) is 0 Å². The number of aliphatic hydroxyl groups excluding tert-OH is 1. The first-order valence-electron chi connectivity index (χ1n) is 3.92. The van der Waals surface area contributed by atoms with Crippen LogP contribution in [0.3, 0.4) is 0 Å². The van der Waals surface area contributed by atoms with E-state index in [0.29, 0.717) is 0 Å². The molecular weight excluding hydrogens is 146 g/mol. The number of hydrogen-bond acceptors (Lipinski definition) is 3. The van der Waals surface area contributed by atoms with E-state index in [-0.39, 0.29) is 18.2 Å². The van der Waals surface area contributed by atoms with Crippen LogP contribution < -0.4 is 5.32 Å². The third kappa shape index (κ3) is 1.07. The van der Waals surface area contributed by atoms with E-state index in [1.165, 1.54) is 0 Å². The third-order valence-electron chi connectivity index (χ3n) is 2.35. The lowest BCUT2D eigenvalue weighted by atomic mass is 9.91. The molecule has 1 heterocycles. The van der Waals surface area contributed by atoms with Gasteiger partial charge >= 0.3 is 6.09 Å². The Morgan fingerprint density at radius 1 is 1.55 bits per heavy atom. The zero-order valence-electron chi connectivity index (χ0n) is 6.12. The smallest absolute Gasteiger partial charge is 0.407 e. The van der Waals surface area contributed by atoms with Gasteiger partial charge in [-0.15, -0.1) is 0 Å². The summed E-state index contributed by atoms with van der Waals surface area (Å²) < 4.78 is 4.93.